The molecule has 0 aliphatic rings. The molecule has 2 N–H and O–H groups in total. The van der Waals surface area contributed by atoms with Gasteiger partial charge in [-0.2, -0.15) is 13.2 Å². The van der Waals surface area contributed by atoms with Gasteiger partial charge in [-0.1, -0.05) is 17.8 Å². The van der Waals surface area contributed by atoms with Crippen molar-refractivity contribution in [3.63, 3.8) is 0 Å². The van der Waals surface area contributed by atoms with Crippen molar-refractivity contribution in [3.8, 4) is 0 Å². The van der Waals surface area contributed by atoms with E-state index in [2.05, 4.69) is 20.9 Å². The summed E-state index contributed by atoms with van der Waals surface area (Å²) in [5.74, 6) is 0. The molecule has 0 saturated heterocycles. The van der Waals surface area contributed by atoms with Gasteiger partial charge in [-0.3, -0.25) is 0 Å². The van der Waals surface area contributed by atoms with Crippen molar-refractivity contribution in [2.75, 3.05) is 6.54 Å². The van der Waals surface area contributed by atoms with E-state index in [0.29, 0.717) is 9.92 Å². The summed E-state index contributed by atoms with van der Waals surface area (Å²) in [6.07, 6.45) is -2.57. The third-order valence-electron chi connectivity index (χ3n) is 2.72. The molecule has 2 nitrogen and oxygen atoms in total. The van der Waals surface area contributed by atoms with E-state index in [0.717, 1.165) is 10.5 Å². The lowest BCUT2D eigenvalue weighted by molar-refractivity contribution is -0.138. The number of rotatable bonds is 4. The first kappa shape index (κ1) is 16.3. The number of benzene rings is 1. The van der Waals surface area contributed by atoms with E-state index < -0.39 is 11.7 Å². The number of nitrogens with two attached hydrogens (primary N) is 1. The molecule has 112 valence electrons. The largest absolute Gasteiger partial charge is 0.416 e. The lowest BCUT2D eigenvalue weighted by Gasteiger charge is -2.14. The fourth-order valence-electron chi connectivity index (χ4n) is 1.80. The Morgan fingerprint density at radius 3 is 2.52 bits per heavy atom. The fourth-order valence-corrected chi connectivity index (χ4v) is 2.83. The van der Waals surface area contributed by atoms with Crippen molar-refractivity contribution < 1.29 is 13.2 Å². The molecule has 0 amide bonds. The number of aromatic nitrogens is 1. The monoisotopic (exact) mass is 376 g/mol. The summed E-state index contributed by atoms with van der Waals surface area (Å²) in [5, 5.41) is 0.637. The molecular formula is C14H12BrF3N2S. The van der Waals surface area contributed by atoms with Crippen LogP contribution in [-0.2, 0) is 12.6 Å². The molecule has 0 aliphatic heterocycles. The van der Waals surface area contributed by atoms with Gasteiger partial charge in [0, 0.05) is 15.6 Å². The van der Waals surface area contributed by atoms with Gasteiger partial charge in [-0.25, -0.2) is 4.98 Å². The van der Waals surface area contributed by atoms with Crippen LogP contribution in [0.3, 0.4) is 0 Å². The van der Waals surface area contributed by atoms with Crippen LogP contribution < -0.4 is 5.73 Å². The average molecular weight is 377 g/mol. The van der Waals surface area contributed by atoms with Crippen molar-refractivity contribution in [2.24, 2.45) is 5.73 Å². The van der Waals surface area contributed by atoms with Crippen LogP contribution in [-0.4, -0.2) is 11.5 Å². The second-order valence-corrected chi connectivity index (χ2v) is 6.28. The highest BCUT2D eigenvalue weighted by molar-refractivity contribution is 9.10. The van der Waals surface area contributed by atoms with Gasteiger partial charge in [0.05, 0.1) is 5.56 Å². The Hall–Kier alpha value is -1.05. The van der Waals surface area contributed by atoms with E-state index in [1.165, 1.54) is 17.8 Å². The second kappa shape index (κ2) is 6.81. The normalized spacial score (nSPS) is 11.7. The smallest absolute Gasteiger partial charge is 0.330 e. The van der Waals surface area contributed by atoms with E-state index in [-0.39, 0.29) is 18.5 Å². The lowest BCUT2D eigenvalue weighted by atomic mass is 10.0. The van der Waals surface area contributed by atoms with E-state index in [1.54, 1.807) is 24.4 Å². The van der Waals surface area contributed by atoms with Crippen LogP contribution in [0, 0.1) is 0 Å². The topological polar surface area (TPSA) is 38.9 Å². The Balaban J connectivity index is 2.31. The third kappa shape index (κ3) is 4.46. The van der Waals surface area contributed by atoms with Crippen molar-refractivity contribution in [2.45, 2.75) is 22.5 Å². The SMILES string of the molecule is NCCc1ccc(Sc2ccc(Br)cn2)cc1C(F)(F)F. The molecule has 0 unspecified atom stereocenters. The summed E-state index contributed by atoms with van der Waals surface area (Å²) in [6, 6.07) is 7.84. The molecule has 2 rings (SSSR count). The summed E-state index contributed by atoms with van der Waals surface area (Å²) in [6.45, 7) is 0.184. The maximum atomic E-state index is 13.1. The Morgan fingerprint density at radius 1 is 1.19 bits per heavy atom. The van der Waals surface area contributed by atoms with Gasteiger partial charge in [0.15, 0.2) is 0 Å². The number of halogens is 4. The van der Waals surface area contributed by atoms with Gasteiger partial charge in [-0.15, -0.1) is 0 Å². The Morgan fingerprint density at radius 2 is 1.95 bits per heavy atom. The van der Waals surface area contributed by atoms with E-state index in [4.69, 9.17) is 5.73 Å². The van der Waals surface area contributed by atoms with E-state index in [9.17, 15) is 13.2 Å². The molecule has 0 aliphatic carbocycles. The van der Waals surface area contributed by atoms with Crippen molar-refractivity contribution in [1.82, 2.24) is 4.98 Å². The van der Waals surface area contributed by atoms with Gasteiger partial charge in [0.25, 0.3) is 0 Å². The zero-order valence-corrected chi connectivity index (χ0v) is 13.2. The zero-order valence-electron chi connectivity index (χ0n) is 10.8. The van der Waals surface area contributed by atoms with Crippen LogP contribution >= 0.6 is 27.7 Å². The summed E-state index contributed by atoms with van der Waals surface area (Å²) in [5.41, 5.74) is 4.95. The average Bonchev–Trinajstić information content (AvgIpc) is 2.42. The minimum absolute atomic E-state index is 0.184. The third-order valence-corrected chi connectivity index (χ3v) is 4.13. The van der Waals surface area contributed by atoms with Gasteiger partial charge in [0.2, 0.25) is 0 Å². The molecule has 0 radical (unpaired) electrons. The van der Waals surface area contributed by atoms with Crippen molar-refractivity contribution >= 4 is 27.7 Å². The molecule has 0 saturated carbocycles. The minimum atomic E-state index is -4.38. The van der Waals surface area contributed by atoms with Gasteiger partial charge >= 0.3 is 6.18 Å². The molecule has 7 heteroatoms. The van der Waals surface area contributed by atoms with Crippen molar-refractivity contribution in [3.05, 3.63) is 52.1 Å². The first-order valence-electron chi connectivity index (χ1n) is 6.10. The van der Waals surface area contributed by atoms with Crippen LogP contribution in [0.1, 0.15) is 11.1 Å². The summed E-state index contributed by atoms with van der Waals surface area (Å²) >= 11 is 4.45. The molecule has 0 spiro atoms. The van der Waals surface area contributed by atoms with E-state index >= 15 is 0 Å². The van der Waals surface area contributed by atoms with E-state index in [1.807, 2.05) is 0 Å². The number of nitrogens with zero attached hydrogens (tertiary/aromatic N) is 1. The van der Waals surface area contributed by atoms with Crippen LogP contribution in [0.15, 0.2) is 50.9 Å². The van der Waals surface area contributed by atoms with Crippen LogP contribution in [0.5, 0.6) is 0 Å². The quantitative estimate of drug-likeness (QED) is 0.852. The fraction of sp³-hybridized carbons (Fsp3) is 0.214. The predicted octanol–water partition coefficient (Wildman–Crippen LogP) is 4.52. The van der Waals surface area contributed by atoms with Crippen LogP contribution in [0.2, 0.25) is 0 Å². The number of pyridine rings is 1. The lowest BCUT2D eigenvalue weighted by Crippen LogP contribution is -2.12. The molecule has 2 aromatic rings. The highest BCUT2D eigenvalue weighted by Gasteiger charge is 2.33. The summed E-state index contributed by atoms with van der Waals surface area (Å²) in [4.78, 5) is 4.64. The molecule has 1 aromatic carbocycles. The van der Waals surface area contributed by atoms with Gasteiger partial charge in [0.1, 0.15) is 5.03 Å². The molecule has 0 bridgehead atoms. The number of hydrogen-bond donors (Lipinski definition) is 1. The molecule has 0 atom stereocenters. The first-order chi connectivity index (χ1) is 9.90. The Labute approximate surface area is 133 Å². The molecule has 0 fully saturated rings. The standard InChI is InChI=1S/C14H12BrF3N2S/c15-10-2-4-13(20-8-10)21-11-3-1-9(5-6-19)12(7-11)14(16,17)18/h1-4,7-8H,5-6,19H2. The summed E-state index contributed by atoms with van der Waals surface area (Å²) in [7, 11) is 0. The first-order valence-corrected chi connectivity index (χ1v) is 7.70. The molecule has 1 heterocycles. The van der Waals surface area contributed by atoms with Crippen molar-refractivity contribution in [1.29, 1.82) is 0 Å². The Bertz CT molecular complexity index is 615. The van der Waals surface area contributed by atoms with Gasteiger partial charge in [-0.05, 0) is 58.7 Å². The minimum Gasteiger partial charge on any atom is -0.330 e. The maximum absolute atomic E-state index is 13.1. The predicted molar refractivity (Wildman–Crippen MR) is 80.3 cm³/mol. The van der Waals surface area contributed by atoms with Crippen LogP contribution in [0.4, 0.5) is 13.2 Å². The zero-order chi connectivity index (χ0) is 15.5. The Kier molecular flexibility index (Phi) is 5.29. The highest BCUT2D eigenvalue weighted by atomic mass is 79.9. The van der Waals surface area contributed by atoms with Gasteiger partial charge < -0.3 is 5.73 Å². The molecule has 21 heavy (non-hydrogen) atoms. The molecule has 1 aromatic heterocycles. The highest BCUT2D eigenvalue weighted by Crippen LogP contribution is 2.36. The second-order valence-electron chi connectivity index (χ2n) is 4.27. The summed E-state index contributed by atoms with van der Waals surface area (Å²) < 4.78 is 40.0. The molecular weight excluding hydrogens is 365 g/mol. The number of hydrogen-bond acceptors (Lipinski definition) is 3. The number of alkyl halides is 3. The maximum Gasteiger partial charge on any atom is 0.416 e. The van der Waals surface area contributed by atoms with Crippen LogP contribution in [0.25, 0.3) is 0 Å².